The van der Waals surface area contributed by atoms with Crippen LogP contribution in [0.3, 0.4) is 0 Å². The van der Waals surface area contributed by atoms with Crippen molar-refractivity contribution >= 4 is 5.91 Å². The highest BCUT2D eigenvalue weighted by Crippen LogP contribution is 2.35. The monoisotopic (exact) mass is 407 g/mol. The lowest BCUT2D eigenvalue weighted by molar-refractivity contribution is 0.0841. The van der Waals surface area contributed by atoms with Crippen molar-refractivity contribution in [2.75, 3.05) is 19.9 Å². The van der Waals surface area contributed by atoms with E-state index in [0.717, 1.165) is 0 Å². The third kappa shape index (κ3) is 4.82. The van der Waals surface area contributed by atoms with Crippen LogP contribution in [0.4, 0.5) is 0 Å². The van der Waals surface area contributed by atoms with Gasteiger partial charge in [-0.3, -0.25) is 4.79 Å². The summed E-state index contributed by atoms with van der Waals surface area (Å²) in [5.41, 5.74) is 0.380. The summed E-state index contributed by atoms with van der Waals surface area (Å²) in [6.07, 6.45) is -0.887. The fraction of sp³-hybridized carbons (Fsp3) is 0.174. The summed E-state index contributed by atoms with van der Waals surface area (Å²) in [4.78, 5) is 12.6. The van der Waals surface area contributed by atoms with Crippen LogP contribution in [0.15, 0.2) is 72.8 Å². The molecule has 7 nitrogen and oxygen atoms in total. The highest BCUT2D eigenvalue weighted by molar-refractivity contribution is 5.97. The van der Waals surface area contributed by atoms with E-state index in [2.05, 4.69) is 5.32 Å². The first-order chi connectivity index (χ1) is 14.7. The Labute approximate surface area is 173 Å². The average molecular weight is 407 g/mol. The Balaban J connectivity index is 1.30. The minimum atomic E-state index is -0.887. The fourth-order valence-electron chi connectivity index (χ4n) is 2.88. The first kappa shape index (κ1) is 19.6. The SMILES string of the molecule is O=C(NCC(O)COc1ccc2c(c1)OCO2)c1ccccc1Oc1ccccc1. The van der Waals surface area contributed by atoms with E-state index in [9.17, 15) is 9.90 Å². The average Bonchev–Trinajstić information content (AvgIpc) is 3.25. The van der Waals surface area contributed by atoms with Gasteiger partial charge in [0.25, 0.3) is 5.91 Å². The van der Waals surface area contributed by atoms with Gasteiger partial charge in [-0.25, -0.2) is 0 Å². The predicted molar refractivity (Wildman–Crippen MR) is 109 cm³/mol. The van der Waals surface area contributed by atoms with Gasteiger partial charge in [-0.1, -0.05) is 30.3 Å². The smallest absolute Gasteiger partial charge is 0.255 e. The molecule has 0 saturated heterocycles. The number of amides is 1. The molecule has 30 heavy (non-hydrogen) atoms. The number of carbonyl (C=O) groups is 1. The summed E-state index contributed by atoms with van der Waals surface area (Å²) >= 11 is 0. The maximum atomic E-state index is 12.6. The van der Waals surface area contributed by atoms with E-state index < -0.39 is 6.10 Å². The Kier molecular flexibility index (Phi) is 6.01. The van der Waals surface area contributed by atoms with Crippen molar-refractivity contribution in [3.05, 3.63) is 78.4 Å². The van der Waals surface area contributed by atoms with Crippen LogP contribution in [-0.4, -0.2) is 37.1 Å². The number of fused-ring (bicyclic) bond motifs is 1. The van der Waals surface area contributed by atoms with E-state index in [0.29, 0.717) is 34.3 Å². The molecule has 1 aliphatic heterocycles. The van der Waals surface area contributed by atoms with Crippen molar-refractivity contribution in [1.29, 1.82) is 0 Å². The zero-order valence-corrected chi connectivity index (χ0v) is 16.1. The molecular formula is C23H21NO6. The number of carbonyl (C=O) groups excluding carboxylic acids is 1. The van der Waals surface area contributed by atoms with Crippen LogP contribution in [-0.2, 0) is 0 Å². The molecule has 3 aromatic rings. The van der Waals surface area contributed by atoms with Crippen molar-refractivity contribution in [1.82, 2.24) is 5.32 Å². The number of benzene rings is 3. The maximum Gasteiger partial charge on any atom is 0.255 e. The van der Waals surface area contributed by atoms with E-state index in [1.807, 2.05) is 30.3 Å². The van der Waals surface area contributed by atoms with Crippen LogP contribution in [0, 0.1) is 0 Å². The number of ether oxygens (including phenoxy) is 4. The maximum absolute atomic E-state index is 12.6. The van der Waals surface area contributed by atoms with E-state index in [-0.39, 0.29) is 25.9 Å². The second kappa shape index (κ2) is 9.19. The van der Waals surface area contributed by atoms with Crippen LogP contribution >= 0.6 is 0 Å². The number of nitrogens with one attached hydrogen (secondary N) is 1. The number of aliphatic hydroxyl groups excluding tert-OH is 1. The standard InChI is InChI=1S/C23H21NO6/c25-16(14-27-18-10-11-21-22(12-18)29-15-28-21)13-24-23(26)19-8-4-5-9-20(19)30-17-6-2-1-3-7-17/h1-12,16,25H,13-15H2,(H,24,26). The Hall–Kier alpha value is -3.71. The van der Waals surface area contributed by atoms with Gasteiger partial charge in [0.1, 0.15) is 30.0 Å². The molecule has 4 rings (SSSR count). The molecule has 1 heterocycles. The molecule has 154 valence electrons. The predicted octanol–water partition coefficient (Wildman–Crippen LogP) is 3.38. The van der Waals surface area contributed by atoms with Crippen molar-refractivity contribution < 1.29 is 28.8 Å². The molecule has 0 saturated carbocycles. The molecule has 1 aliphatic rings. The van der Waals surface area contributed by atoms with E-state index in [1.165, 1.54) is 0 Å². The molecule has 0 aromatic heterocycles. The van der Waals surface area contributed by atoms with Gasteiger partial charge in [0.15, 0.2) is 11.5 Å². The lowest BCUT2D eigenvalue weighted by Crippen LogP contribution is -2.35. The summed E-state index contributed by atoms with van der Waals surface area (Å²) in [6, 6.07) is 21.3. The van der Waals surface area contributed by atoms with Crippen LogP contribution in [0.1, 0.15) is 10.4 Å². The molecule has 7 heteroatoms. The molecule has 1 unspecified atom stereocenters. The van der Waals surface area contributed by atoms with E-state index in [4.69, 9.17) is 18.9 Å². The highest BCUT2D eigenvalue weighted by Gasteiger charge is 2.16. The van der Waals surface area contributed by atoms with Gasteiger partial charge in [-0.05, 0) is 36.4 Å². The zero-order valence-electron chi connectivity index (χ0n) is 16.1. The largest absolute Gasteiger partial charge is 0.491 e. The van der Waals surface area contributed by atoms with Gasteiger partial charge in [0, 0.05) is 12.6 Å². The molecule has 1 atom stereocenters. The number of para-hydroxylation sites is 2. The van der Waals surface area contributed by atoms with Crippen molar-refractivity contribution in [3.8, 4) is 28.7 Å². The van der Waals surface area contributed by atoms with Crippen LogP contribution in [0.25, 0.3) is 0 Å². The van der Waals surface area contributed by atoms with Crippen LogP contribution in [0.5, 0.6) is 28.7 Å². The highest BCUT2D eigenvalue weighted by atomic mass is 16.7. The van der Waals surface area contributed by atoms with E-state index >= 15 is 0 Å². The molecule has 0 aliphatic carbocycles. The first-order valence-corrected chi connectivity index (χ1v) is 9.50. The Morgan fingerprint density at radius 3 is 2.60 bits per heavy atom. The molecule has 0 fully saturated rings. The summed E-state index contributed by atoms with van der Waals surface area (Å²) in [5, 5.41) is 12.9. The molecule has 1 amide bonds. The molecule has 2 N–H and O–H groups in total. The Bertz CT molecular complexity index is 1010. The quantitative estimate of drug-likeness (QED) is 0.595. The zero-order chi connectivity index (χ0) is 20.8. The lowest BCUT2D eigenvalue weighted by atomic mass is 10.2. The van der Waals surface area contributed by atoms with Crippen LogP contribution in [0.2, 0.25) is 0 Å². The van der Waals surface area contributed by atoms with Crippen LogP contribution < -0.4 is 24.3 Å². The van der Waals surface area contributed by atoms with E-state index in [1.54, 1.807) is 42.5 Å². The number of hydrogen-bond acceptors (Lipinski definition) is 6. The summed E-state index contributed by atoms with van der Waals surface area (Å²) in [6.45, 7) is 0.230. The Morgan fingerprint density at radius 2 is 1.73 bits per heavy atom. The van der Waals surface area contributed by atoms with Gasteiger partial charge in [0.05, 0.1) is 5.56 Å². The molecular weight excluding hydrogens is 386 g/mol. The molecule has 0 bridgehead atoms. The summed E-state index contributed by atoms with van der Waals surface area (Å²) < 4.78 is 21.9. The number of aliphatic hydroxyl groups is 1. The molecule has 0 spiro atoms. The first-order valence-electron chi connectivity index (χ1n) is 9.50. The Morgan fingerprint density at radius 1 is 0.967 bits per heavy atom. The van der Waals surface area contributed by atoms with Crippen molar-refractivity contribution in [2.45, 2.75) is 6.10 Å². The summed E-state index contributed by atoms with van der Waals surface area (Å²) in [5.74, 6) is 2.54. The van der Waals surface area contributed by atoms with Crippen molar-refractivity contribution in [3.63, 3.8) is 0 Å². The fourth-order valence-corrected chi connectivity index (χ4v) is 2.88. The third-order valence-corrected chi connectivity index (χ3v) is 4.39. The van der Waals surface area contributed by atoms with Gasteiger partial charge in [0.2, 0.25) is 6.79 Å². The third-order valence-electron chi connectivity index (χ3n) is 4.39. The van der Waals surface area contributed by atoms with Gasteiger partial charge < -0.3 is 29.4 Å². The minimum absolute atomic E-state index is 0.0160. The van der Waals surface area contributed by atoms with Gasteiger partial charge >= 0.3 is 0 Å². The lowest BCUT2D eigenvalue weighted by Gasteiger charge is -2.15. The number of rotatable bonds is 8. The summed E-state index contributed by atoms with van der Waals surface area (Å²) in [7, 11) is 0. The topological polar surface area (TPSA) is 86.3 Å². The normalized spacial score (nSPS) is 12.8. The van der Waals surface area contributed by atoms with Crippen molar-refractivity contribution in [2.24, 2.45) is 0 Å². The second-order valence-corrected chi connectivity index (χ2v) is 6.60. The van der Waals surface area contributed by atoms with Gasteiger partial charge in [-0.2, -0.15) is 0 Å². The number of hydrogen-bond donors (Lipinski definition) is 2. The molecule has 3 aromatic carbocycles. The second-order valence-electron chi connectivity index (χ2n) is 6.60. The minimum Gasteiger partial charge on any atom is -0.491 e. The van der Waals surface area contributed by atoms with Gasteiger partial charge in [-0.15, -0.1) is 0 Å². The molecule has 0 radical (unpaired) electrons.